The molecule has 8 heteroatoms. The van der Waals surface area contributed by atoms with E-state index in [2.05, 4.69) is 16.8 Å². The van der Waals surface area contributed by atoms with Gasteiger partial charge in [-0.05, 0) is 55.7 Å². The van der Waals surface area contributed by atoms with Crippen molar-refractivity contribution in [2.75, 3.05) is 25.1 Å². The van der Waals surface area contributed by atoms with Crippen LogP contribution in [0.5, 0.6) is 5.75 Å². The first kappa shape index (κ1) is 28.4. The van der Waals surface area contributed by atoms with E-state index in [9.17, 15) is 14.7 Å². The predicted molar refractivity (Wildman–Crippen MR) is 160 cm³/mol. The number of nitrogens with one attached hydrogen (secondary N) is 1. The highest BCUT2D eigenvalue weighted by molar-refractivity contribution is 6.08. The Hall–Kier alpha value is -4.14. The summed E-state index contributed by atoms with van der Waals surface area (Å²) in [7, 11) is 1.65. The van der Waals surface area contributed by atoms with Crippen LogP contribution in [0.1, 0.15) is 41.3 Å². The van der Waals surface area contributed by atoms with Crippen molar-refractivity contribution in [1.82, 2.24) is 9.88 Å². The molecule has 3 aromatic carbocycles. The van der Waals surface area contributed by atoms with Gasteiger partial charge < -0.3 is 29.9 Å². The third-order valence-corrected chi connectivity index (χ3v) is 7.84. The van der Waals surface area contributed by atoms with Gasteiger partial charge in [0.15, 0.2) is 0 Å². The number of hydrogen-bond donors (Lipinski definition) is 3. The first-order chi connectivity index (χ1) is 20.0. The highest BCUT2D eigenvalue weighted by Crippen LogP contribution is 2.32. The molecule has 1 aliphatic rings. The normalized spacial score (nSPS) is 14.8. The Bertz CT molecular complexity index is 1500. The number of aliphatic hydroxyl groups excluding tert-OH is 1. The number of ether oxygens (including phenoxy) is 1. The maximum Gasteiger partial charge on any atom is 0.251 e. The Morgan fingerprint density at radius 2 is 1.88 bits per heavy atom. The quantitative estimate of drug-likeness (QED) is 0.250. The van der Waals surface area contributed by atoms with E-state index >= 15 is 0 Å². The number of aliphatic hydroxyl groups is 1. The summed E-state index contributed by atoms with van der Waals surface area (Å²) in [6.45, 7) is 4.55. The van der Waals surface area contributed by atoms with Gasteiger partial charge in [0.1, 0.15) is 24.9 Å². The van der Waals surface area contributed by atoms with Gasteiger partial charge in [0.2, 0.25) is 5.91 Å². The molecule has 0 unspecified atom stereocenters. The van der Waals surface area contributed by atoms with Crippen LogP contribution in [0.25, 0.3) is 10.9 Å². The fraction of sp³-hybridized carbons (Fsp3) is 0.333. The lowest BCUT2D eigenvalue weighted by molar-refractivity contribution is -0.676. The number of fused-ring (bicyclic) bond motifs is 1. The van der Waals surface area contributed by atoms with Crippen LogP contribution in [-0.2, 0) is 24.3 Å². The number of rotatable bonds is 12. The van der Waals surface area contributed by atoms with Crippen molar-refractivity contribution in [1.29, 1.82) is 0 Å². The molecule has 214 valence electrons. The molecule has 0 spiro atoms. The summed E-state index contributed by atoms with van der Waals surface area (Å²) in [6.07, 6.45) is 3.03. The molecule has 5 rings (SSSR count). The van der Waals surface area contributed by atoms with Gasteiger partial charge in [-0.2, -0.15) is 0 Å². The molecule has 1 fully saturated rings. The van der Waals surface area contributed by atoms with Crippen LogP contribution in [0.4, 0.5) is 5.69 Å². The summed E-state index contributed by atoms with van der Waals surface area (Å²) in [5.74, 6) is 0.611. The zero-order valence-electron chi connectivity index (χ0n) is 23.8. The zero-order chi connectivity index (χ0) is 28.8. The van der Waals surface area contributed by atoms with E-state index in [1.54, 1.807) is 12.0 Å². The van der Waals surface area contributed by atoms with E-state index in [0.717, 1.165) is 46.4 Å². The van der Waals surface area contributed by atoms with Gasteiger partial charge >= 0.3 is 0 Å². The molecule has 2 heterocycles. The van der Waals surface area contributed by atoms with E-state index < -0.39 is 12.1 Å². The second-order valence-electron chi connectivity index (χ2n) is 10.6. The number of aromatic nitrogens is 1. The molecule has 0 saturated carbocycles. The van der Waals surface area contributed by atoms with Crippen molar-refractivity contribution in [3.05, 3.63) is 95.7 Å². The summed E-state index contributed by atoms with van der Waals surface area (Å²) in [4.78, 5) is 28.2. The molecule has 2 atom stereocenters. The van der Waals surface area contributed by atoms with E-state index in [-0.39, 0.29) is 11.8 Å². The van der Waals surface area contributed by atoms with Crippen molar-refractivity contribution >= 4 is 28.4 Å². The smallest absolute Gasteiger partial charge is 0.251 e. The van der Waals surface area contributed by atoms with Crippen LogP contribution in [0.2, 0.25) is 0 Å². The van der Waals surface area contributed by atoms with E-state index in [1.165, 1.54) is 0 Å². The van der Waals surface area contributed by atoms with Gasteiger partial charge in [0, 0.05) is 42.2 Å². The van der Waals surface area contributed by atoms with Crippen molar-refractivity contribution in [2.24, 2.45) is 0 Å². The van der Waals surface area contributed by atoms with Gasteiger partial charge in [-0.25, -0.2) is 0 Å². The molecule has 2 amide bonds. The second kappa shape index (κ2) is 13.0. The number of benzene rings is 3. The maximum absolute atomic E-state index is 13.8. The molecule has 1 aliphatic heterocycles. The average molecular weight is 556 g/mol. The molecule has 4 N–H and O–H groups in total. The van der Waals surface area contributed by atoms with Gasteiger partial charge in [-0.3, -0.25) is 9.59 Å². The number of amides is 2. The van der Waals surface area contributed by atoms with Gasteiger partial charge in [-0.1, -0.05) is 42.5 Å². The monoisotopic (exact) mass is 555 g/mol. The molecule has 4 aromatic rings. The summed E-state index contributed by atoms with van der Waals surface area (Å²) >= 11 is 0. The number of carbonyl (C=O) groups excluding carboxylic acids is 2. The molecule has 8 nitrogen and oxygen atoms in total. The molecular weight excluding hydrogens is 516 g/mol. The number of methoxy groups -OCH3 is 1. The highest BCUT2D eigenvalue weighted by atomic mass is 16.5. The van der Waals surface area contributed by atoms with E-state index in [0.29, 0.717) is 38.0 Å². The number of nitrogens with zero attached hydrogens (tertiary/aromatic N) is 2. The summed E-state index contributed by atoms with van der Waals surface area (Å²) in [6, 6.07) is 23.0. The summed E-state index contributed by atoms with van der Waals surface area (Å²) < 4.78 is 7.40. The van der Waals surface area contributed by atoms with Crippen molar-refractivity contribution < 1.29 is 24.7 Å². The van der Waals surface area contributed by atoms with Crippen molar-refractivity contribution in [3.8, 4) is 5.75 Å². The zero-order valence-corrected chi connectivity index (χ0v) is 23.8. The number of quaternary nitrogens is 1. The van der Waals surface area contributed by atoms with Crippen molar-refractivity contribution in [2.45, 2.75) is 51.4 Å². The van der Waals surface area contributed by atoms with Gasteiger partial charge in [0.25, 0.3) is 5.91 Å². The third-order valence-electron chi connectivity index (χ3n) is 7.84. The molecule has 0 aliphatic carbocycles. The van der Waals surface area contributed by atoms with E-state index in [4.69, 9.17) is 4.74 Å². The maximum atomic E-state index is 13.8. The van der Waals surface area contributed by atoms with Gasteiger partial charge in [-0.15, -0.1) is 0 Å². The first-order valence-corrected chi connectivity index (χ1v) is 14.4. The Balaban J connectivity index is 1.37. The molecular formula is C33H39N4O4+. The lowest BCUT2D eigenvalue weighted by Gasteiger charge is -2.24. The summed E-state index contributed by atoms with van der Waals surface area (Å²) in [5.41, 5.74) is 4.29. The minimum absolute atomic E-state index is 0.0806. The first-order valence-electron chi connectivity index (χ1n) is 14.4. The predicted octanol–water partition coefficient (Wildman–Crippen LogP) is 3.26. The fourth-order valence-electron chi connectivity index (χ4n) is 5.60. The molecule has 1 saturated heterocycles. The minimum Gasteiger partial charge on any atom is -0.497 e. The Kier molecular flexibility index (Phi) is 9.01. The summed E-state index contributed by atoms with van der Waals surface area (Å²) in [5, 5.41) is 17.4. The van der Waals surface area contributed by atoms with Crippen molar-refractivity contribution in [3.63, 3.8) is 0 Å². The lowest BCUT2D eigenvalue weighted by atomic mass is 10.00. The van der Waals surface area contributed by atoms with Crippen LogP contribution in [-0.4, -0.2) is 53.8 Å². The molecule has 0 radical (unpaired) electrons. The molecule has 1 aromatic heterocycles. The minimum atomic E-state index is -0.785. The average Bonchev–Trinajstić information content (AvgIpc) is 3.62. The fourth-order valence-corrected chi connectivity index (χ4v) is 5.60. The van der Waals surface area contributed by atoms with Crippen LogP contribution in [0, 0.1) is 0 Å². The van der Waals surface area contributed by atoms with Crippen LogP contribution in [0.15, 0.2) is 79.0 Å². The lowest BCUT2D eigenvalue weighted by Crippen LogP contribution is -2.85. The van der Waals surface area contributed by atoms with Gasteiger partial charge in [0.05, 0.1) is 24.4 Å². The molecule has 0 bridgehead atoms. The van der Waals surface area contributed by atoms with Crippen LogP contribution >= 0.6 is 0 Å². The topological polar surface area (TPSA) is 100 Å². The number of nitrogens with two attached hydrogens (primary N) is 1. The van der Waals surface area contributed by atoms with Crippen LogP contribution < -0.4 is 20.3 Å². The highest BCUT2D eigenvalue weighted by Gasteiger charge is 2.27. The third kappa shape index (κ3) is 6.61. The largest absolute Gasteiger partial charge is 0.497 e. The number of aryl methyl sites for hydroxylation is 1. The Morgan fingerprint density at radius 3 is 2.61 bits per heavy atom. The Labute approximate surface area is 240 Å². The van der Waals surface area contributed by atoms with Crippen LogP contribution in [0.3, 0.4) is 0 Å². The standard InChI is InChI=1S/C33H38N4O4/c1-3-36-16-14-27-29(36)19-25(20-30(27)37-15-8-13-32(37)39)33(40)35-28(18-23-9-5-4-6-10-23)31(38)22-34-21-24-11-7-12-26(17-24)41-2/h4-7,9-12,14,16-17,19-20,28,31,34,38H,3,8,13,15,18,21-22H2,1-2H3,(H,35,40)/p+1/t28-,31+/m0/s1. The number of anilines is 1. The number of hydrogen-bond acceptors (Lipinski definition) is 4. The molecule has 41 heavy (non-hydrogen) atoms. The number of carbonyl (C=O) groups is 2. The Morgan fingerprint density at radius 1 is 1.07 bits per heavy atom. The van der Waals surface area contributed by atoms with E-state index in [1.807, 2.05) is 84.3 Å². The second-order valence-corrected chi connectivity index (χ2v) is 10.6. The SMILES string of the molecule is CCn1ccc2c(N3CCCC3=O)cc(C(=O)N[C@@H](Cc3ccccc3)[C@H](O)C[NH2+]Cc3cccc(OC)c3)cc21.